The minimum Gasteiger partial charge on any atom is -0.288 e. The molecule has 0 aromatic heterocycles. The number of carbonyl (C=O) groups excluding carboxylic acids is 1. The first-order valence-corrected chi connectivity index (χ1v) is 18.0. The van der Waals surface area contributed by atoms with Crippen LogP contribution in [0, 0.1) is 131 Å². The highest BCUT2D eigenvalue weighted by Crippen LogP contribution is 2.44. The minimum atomic E-state index is -0.400. The summed E-state index contributed by atoms with van der Waals surface area (Å²) in [6, 6.07) is 25.4. The standard InChI is InChI=1S/C53H30ClN2O/c1-5-6-7-8-9-10-11-12-13-14-15-16-17-18-19-20-21-22-23-29-41-55-49-39-37-44-31-27-28-36-48(44)51(49)53(3,4)50(55)40-38-45-32-30-33-46(52(45)54)42-56(43(2)57)47-34-25-24-26-35-47/h1,24-28,31,34-40,42H,30,32-33H2,2-4H3/q+1. The topological polar surface area (TPSA) is 23.3 Å². The number of para-hydroxylation sites is 1. The molecule has 1 aliphatic heterocycles. The van der Waals surface area contributed by atoms with Crippen molar-refractivity contribution in [1.82, 2.24) is 0 Å². The van der Waals surface area contributed by atoms with E-state index in [4.69, 9.17) is 18.0 Å². The summed E-state index contributed by atoms with van der Waals surface area (Å²) < 4.78 is 2.00. The van der Waals surface area contributed by atoms with Crippen LogP contribution in [0.15, 0.2) is 101 Å². The molecule has 5 rings (SSSR count). The molecule has 1 heterocycles. The smallest absolute Gasteiger partial charge is 0.243 e. The quantitative estimate of drug-likeness (QED) is 0.196. The van der Waals surface area contributed by atoms with E-state index >= 15 is 0 Å². The zero-order valence-electron chi connectivity index (χ0n) is 31.5. The van der Waals surface area contributed by atoms with Crippen molar-refractivity contribution in [1.29, 1.82) is 0 Å². The molecule has 2 aliphatic rings. The third-order valence-corrected chi connectivity index (χ3v) is 9.06. The SMILES string of the molecule is C#CC#CC#CC#CC#CC#CC#CC#CC#CC#CC#C[N+]1=C(/C=C/C2=C(Cl)C(=C/N(C(C)=O)c3ccccc3)/CCC2)C(C)(C)c2c1ccc1ccccc21. The minimum absolute atomic E-state index is 0.0841. The Labute approximate surface area is 341 Å². The average Bonchev–Trinajstić information content (AvgIpc) is 3.44. The van der Waals surface area contributed by atoms with Crippen molar-refractivity contribution in [3.05, 3.63) is 107 Å². The Kier molecular flexibility index (Phi) is 14.2. The number of hydrogen-bond acceptors (Lipinski definition) is 1. The highest BCUT2D eigenvalue weighted by Gasteiger charge is 2.46. The summed E-state index contributed by atoms with van der Waals surface area (Å²) in [6.07, 6.45) is 13.5. The monoisotopic (exact) mass is 745 g/mol. The number of carbonyl (C=O) groups is 1. The van der Waals surface area contributed by atoms with Gasteiger partial charge in [-0.3, -0.25) is 9.69 Å². The molecule has 0 radical (unpaired) electrons. The van der Waals surface area contributed by atoms with Crippen LogP contribution in [0.5, 0.6) is 0 Å². The fraction of sp³-hybridized carbons (Fsp3) is 0.132. The van der Waals surface area contributed by atoms with Crippen LogP contribution in [0.2, 0.25) is 0 Å². The molecule has 4 heteroatoms. The van der Waals surface area contributed by atoms with Crippen LogP contribution in [-0.2, 0) is 10.2 Å². The van der Waals surface area contributed by atoms with E-state index in [-0.39, 0.29) is 5.91 Å². The molecule has 0 spiro atoms. The first kappa shape index (κ1) is 39.9. The number of benzene rings is 3. The molecule has 0 bridgehead atoms. The summed E-state index contributed by atoms with van der Waals surface area (Å²) in [4.78, 5) is 14.3. The van der Waals surface area contributed by atoms with Crippen molar-refractivity contribution < 1.29 is 9.37 Å². The number of halogens is 1. The molecule has 0 unspecified atom stereocenters. The van der Waals surface area contributed by atoms with E-state index in [0.717, 1.165) is 58.3 Å². The van der Waals surface area contributed by atoms with E-state index in [1.807, 2.05) is 47.2 Å². The Morgan fingerprint density at radius 1 is 0.702 bits per heavy atom. The lowest BCUT2D eigenvalue weighted by Crippen LogP contribution is -2.27. The van der Waals surface area contributed by atoms with Crippen molar-refractivity contribution >= 4 is 45.4 Å². The van der Waals surface area contributed by atoms with E-state index in [0.29, 0.717) is 5.03 Å². The van der Waals surface area contributed by atoms with E-state index < -0.39 is 5.41 Å². The van der Waals surface area contributed by atoms with Crippen molar-refractivity contribution in [2.75, 3.05) is 4.90 Å². The lowest BCUT2D eigenvalue weighted by atomic mass is 9.79. The Bertz CT molecular complexity index is 3010. The Balaban J connectivity index is 1.40. The predicted octanol–water partition coefficient (Wildman–Crippen LogP) is 8.01. The van der Waals surface area contributed by atoms with E-state index in [9.17, 15) is 4.79 Å². The first-order chi connectivity index (χ1) is 27.8. The maximum Gasteiger partial charge on any atom is 0.243 e. The molecule has 3 nitrogen and oxygen atoms in total. The number of amides is 1. The largest absolute Gasteiger partial charge is 0.288 e. The number of rotatable bonds is 4. The normalized spacial score (nSPS) is 13.1. The second-order valence-electron chi connectivity index (χ2n) is 12.6. The van der Waals surface area contributed by atoms with Gasteiger partial charge in [0.15, 0.2) is 0 Å². The van der Waals surface area contributed by atoms with Gasteiger partial charge >= 0.3 is 0 Å². The molecule has 1 aliphatic carbocycles. The molecular weight excluding hydrogens is 716 g/mol. The van der Waals surface area contributed by atoms with Gasteiger partial charge in [-0.25, -0.2) is 0 Å². The van der Waals surface area contributed by atoms with Crippen molar-refractivity contribution in [2.45, 2.75) is 45.4 Å². The van der Waals surface area contributed by atoms with Gasteiger partial charge in [0, 0.05) is 107 Å². The van der Waals surface area contributed by atoms with E-state index in [1.54, 1.807) is 11.8 Å². The summed E-state index contributed by atoms with van der Waals surface area (Å²) in [7, 11) is 0. The summed E-state index contributed by atoms with van der Waals surface area (Å²) in [5.41, 5.74) is 5.48. The summed E-state index contributed by atoms with van der Waals surface area (Å²) >= 11 is 7.07. The second kappa shape index (κ2) is 20.3. The summed E-state index contributed by atoms with van der Waals surface area (Å²) in [6.45, 7) is 5.97. The third-order valence-electron chi connectivity index (χ3n) is 8.58. The zero-order valence-corrected chi connectivity index (χ0v) is 32.2. The Morgan fingerprint density at radius 2 is 1.25 bits per heavy atom. The van der Waals surface area contributed by atoms with Crippen molar-refractivity contribution in [2.24, 2.45) is 0 Å². The lowest BCUT2D eigenvalue weighted by molar-refractivity contribution is -0.332. The number of nitrogens with zero attached hydrogens (tertiary/aromatic N) is 2. The van der Waals surface area contributed by atoms with Crippen LogP contribution in [0.4, 0.5) is 11.4 Å². The van der Waals surface area contributed by atoms with Gasteiger partial charge in [-0.15, -0.1) is 11.0 Å². The molecule has 0 fully saturated rings. The molecule has 0 saturated heterocycles. The van der Waals surface area contributed by atoms with Gasteiger partial charge < -0.3 is 0 Å². The lowest BCUT2D eigenvalue weighted by Gasteiger charge is -2.22. The number of fused-ring (bicyclic) bond motifs is 3. The molecule has 57 heavy (non-hydrogen) atoms. The van der Waals surface area contributed by atoms with Gasteiger partial charge in [0.25, 0.3) is 0 Å². The molecule has 0 atom stereocenters. The maximum absolute atomic E-state index is 12.6. The van der Waals surface area contributed by atoms with Gasteiger partial charge in [0.2, 0.25) is 23.4 Å². The third kappa shape index (κ3) is 10.7. The Hall–Kier alpha value is -8.27. The zero-order chi connectivity index (χ0) is 40.3. The van der Waals surface area contributed by atoms with Gasteiger partial charge in [-0.05, 0) is 121 Å². The van der Waals surface area contributed by atoms with Crippen LogP contribution >= 0.6 is 11.6 Å². The summed E-state index contributed by atoms with van der Waals surface area (Å²) in [5.74, 6) is 51.3. The number of hydrogen-bond donors (Lipinski definition) is 0. The highest BCUT2D eigenvalue weighted by molar-refractivity contribution is 6.32. The molecule has 1 amide bonds. The van der Waals surface area contributed by atoms with Crippen molar-refractivity contribution in [3.8, 4) is 131 Å². The Morgan fingerprint density at radius 3 is 1.82 bits per heavy atom. The first-order valence-electron chi connectivity index (χ1n) is 17.6. The molecular formula is C53H30ClN2O+. The molecule has 264 valence electrons. The molecule has 3 aromatic rings. The molecule has 0 N–H and O–H groups in total. The fourth-order valence-corrected chi connectivity index (χ4v) is 6.44. The maximum atomic E-state index is 12.6. The summed E-state index contributed by atoms with van der Waals surface area (Å²) in [5, 5.41) is 2.98. The van der Waals surface area contributed by atoms with Crippen molar-refractivity contribution in [3.63, 3.8) is 0 Å². The van der Waals surface area contributed by atoms with Gasteiger partial charge in [-0.1, -0.05) is 60.1 Å². The number of terminal acetylenes is 1. The molecule has 3 aromatic carbocycles. The fourth-order valence-electron chi connectivity index (χ4n) is 6.14. The van der Waals surface area contributed by atoms with Crippen LogP contribution in [0.1, 0.15) is 45.6 Å². The number of anilines is 1. The van der Waals surface area contributed by atoms with Gasteiger partial charge in [0.1, 0.15) is 0 Å². The average molecular weight is 746 g/mol. The van der Waals surface area contributed by atoms with Gasteiger partial charge in [-0.2, -0.15) is 0 Å². The second-order valence-corrected chi connectivity index (χ2v) is 12.9. The van der Waals surface area contributed by atoms with Gasteiger partial charge in [0.05, 0.1) is 11.3 Å². The van der Waals surface area contributed by atoms with E-state index in [1.165, 1.54) is 5.56 Å². The predicted molar refractivity (Wildman–Crippen MR) is 232 cm³/mol. The molecule has 0 saturated carbocycles. The highest BCUT2D eigenvalue weighted by atomic mass is 35.5. The van der Waals surface area contributed by atoms with Crippen LogP contribution in [0.25, 0.3) is 10.8 Å². The van der Waals surface area contributed by atoms with Crippen LogP contribution < -0.4 is 4.90 Å². The van der Waals surface area contributed by atoms with Crippen LogP contribution in [0.3, 0.4) is 0 Å². The number of allylic oxidation sites excluding steroid dienone is 5. The van der Waals surface area contributed by atoms with Crippen LogP contribution in [-0.4, -0.2) is 16.2 Å². The van der Waals surface area contributed by atoms with E-state index in [2.05, 4.69) is 181 Å².